The molecule has 0 bridgehead atoms. The summed E-state index contributed by atoms with van der Waals surface area (Å²) >= 11 is 0. The van der Waals surface area contributed by atoms with Crippen LogP contribution in [0, 0.1) is 17.0 Å². The molecule has 8 nitrogen and oxygen atoms in total. The van der Waals surface area contributed by atoms with Gasteiger partial charge in [0.1, 0.15) is 0 Å². The molecule has 0 atom stereocenters. The minimum atomic E-state index is -0.518. The van der Waals surface area contributed by atoms with Crippen molar-refractivity contribution in [2.75, 3.05) is 0 Å². The van der Waals surface area contributed by atoms with Gasteiger partial charge in [-0.25, -0.2) is 0 Å². The molecule has 0 saturated heterocycles. The molecule has 1 heterocycles. The fourth-order valence-corrected chi connectivity index (χ4v) is 2.24. The van der Waals surface area contributed by atoms with Crippen molar-refractivity contribution < 1.29 is 14.2 Å². The molecule has 0 spiro atoms. The van der Waals surface area contributed by atoms with E-state index in [-0.39, 0.29) is 23.7 Å². The first-order valence-corrected chi connectivity index (χ1v) is 7.46. The summed E-state index contributed by atoms with van der Waals surface area (Å²) in [6.45, 7) is 1.64. The van der Waals surface area contributed by atoms with E-state index < -0.39 is 10.8 Å². The van der Waals surface area contributed by atoms with Crippen molar-refractivity contribution in [3.63, 3.8) is 0 Å². The predicted octanol–water partition coefficient (Wildman–Crippen LogP) is 2.88. The van der Waals surface area contributed by atoms with Gasteiger partial charge in [-0.15, -0.1) is 0 Å². The third kappa shape index (κ3) is 3.69. The number of hydrogen-bond acceptors (Lipinski definition) is 6. The molecule has 25 heavy (non-hydrogen) atoms. The average Bonchev–Trinajstić information content (AvgIpc) is 3.09. The summed E-state index contributed by atoms with van der Waals surface area (Å²) in [6, 6.07) is 13.6. The molecule has 1 aromatic heterocycles. The highest BCUT2D eigenvalue weighted by atomic mass is 16.6. The number of aryl methyl sites for hydroxylation is 1. The number of nitrogens with one attached hydrogen (secondary N) is 1. The van der Waals surface area contributed by atoms with Crippen molar-refractivity contribution >= 4 is 11.6 Å². The van der Waals surface area contributed by atoms with Crippen LogP contribution < -0.4 is 5.32 Å². The Morgan fingerprint density at radius 3 is 2.72 bits per heavy atom. The Morgan fingerprint density at radius 1 is 1.24 bits per heavy atom. The van der Waals surface area contributed by atoms with Crippen LogP contribution >= 0.6 is 0 Å². The topological polar surface area (TPSA) is 111 Å². The Morgan fingerprint density at radius 2 is 2.00 bits per heavy atom. The van der Waals surface area contributed by atoms with E-state index in [1.54, 1.807) is 6.92 Å². The number of nitrogens with zero attached hydrogens (tertiary/aromatic N) is 3. The van der Waals surface area contributed by atoms with Crippen LogP contribution in [-0.2, 0) is 6.54 Å². The van der Waals surface area contributed by atoms with Gasteiger partial charge in [0.2, 0.25) is 11.7 Å². The van der Waals surface area contributed by atoms with Crippen LogP contribution in [0.25, 0.3) is 11.4 Å². The van der Waals surface area contributed by atoms with Gasteiger partial charge in [0.25, 0.3) is 11.6 Å². The molecule has 0 aliphatic carbocycles. The maximum Gasteiger partial charge on any atom is 0.273 e. The molecule has 0 saturated carbocycles. The highest BCUT2D eigenvalue weighted by Gasteiger charge is 2.16. The van der Waals surface area contributed by atoms with Crippen molar-refractivity contribution in [3.05, 3.63) is 75.7 Å². The lowest BCUT2D eigenvalue weighted by atomic mass is 10.1. The van der Waals surface area contributed by atoms with Gasteiger partial charge in [-0.2, -0.15) is 4.98 Å². The van der Waals surface area contributed by atoms with E-state index in [1.165, 1.54) is 18.2 Å². The van der Waals surface area contributed by atoms with Crippen LogP contribution in [0.1, 0.15) is 21.8 Å². The van der Waals surface area contributed by atoms with Crippen molar-refractivity contribution in [2.24, 2.45) is 0 Å². The fourth-order valence-electron chi connectivity index (χ4n) is 2.24. The molecule has 0 radical (unpaired) electrons. The standard InChI is InChI=1S/C17H14N4O4/c1-11-7-8-13(9-14(11)21(23)24)17(22)18-10-15-19-16(20-25-15)12-5-3-2-4-6-12/h2-9H,10H2,1H3,(H,18,22). The van der Waals surface area contributed by atoms with Gasteiger partial charge in [-0.05, 0) is 13.0 Å². The van der Waals surface area contributed by atoms with Crippen LogP contribution in [0.4, 0.5) is 5.69 Å². The van der Waals surface area contributed by atoms with E-state index in [2.05, 4.69) is 15.5 Å². The van der Waals surface area contributed by atoms with Crippen LogP contribution in [0.5, 0.6) is 0 Å². The monoisotopic (exact) mass is 338 g/mol. The molecule has 3 aromatic rings. The van der Waals surface area contributed by atoms with Gasteiger partial charge >= 0.3 is 0 Å². The van der Waals surface area contributed by atoms with Gasteiger partial charge < -0.3 is 9.84 Å². The third-order valence-electron chi connectivity index (χ3n) is 3.57. The highest BCUT2D eigenvalue weighted by molar-refractivity contribution is 5.94. The lowest BCUT2D eigenvalue weighted by molar-refractivity contribution is -0.385. The Bertz CT molecular complexity index is 921. The molecule has 1 N–H and O–H groups in total. The van der Waals surface area contributed by atoms with E-state index in [0.717, 1.165) is 5.56 Å². The number of amides is 1. The van der Waals surface area contributed by atoms with Crippen molar-refractivity contribution in [1.29, 1.82) is 0 Å². The lowest BCUT2D eigenvalue weighted by Gasteiger charge is -2.03. The molecular formula is C17H14N4O4. The molecular weight excluding hydrogens is 324 g/mol. The minimum absolute atomic E-state index is 0.0281. The molecule has 3 rings (SSSR count). The summed E-state index contributed by atoms with van der Waals surface area (Å²) in [4.78, 5) is 26.8. The van der Waals surface area contributed by atoms with Gasteiger partial charge in [-0.1, -0.05) is 41.6 Å². The zero-order valence-electron chi connectivity index (χ0n) is 13.3. The fraction of sp³-hybridized carbons (Fsp3) is 0.118. The quantitative estimate of drug-likeness (QED) is 0.565. The molecule has 0 aliphatic rings. The number of nitro groups is 1. The number of benzene rings is 2. The van der Waals surface area contributed by atoms with E-state index in [0.29, 0.717) is 11.4 Å². The minimum Gasteiger partial charge on any atom is -0.343 e. The van der Waals surface area contributed by atoms with Crippen molar-refractivity contribution in [1.82, 2.24) is 15.5 Å². The van der Waals surface area contributed by atoms with E-state index in [4.69, 9.17) is 4.52 Å². The highest BCUT2D eigenvalue weighted by Crippen LogP contribution is 2.19. The summed E-state index contributed by atoms with van der Waals surface area (Å²) in [5, 5.41) is 17.4. The van der Waals surface area contributed by atoms with Crippen LogP contribution in [0.15, 0.2) is 53.1 Å². The van der Waals surface area contributed by atoms with Gasteiger partial charge in [-0.3, -0.25) is 14.9 Å². The van der Waals surface area contributed by atoms with Gasteiger partial charge in [0.05, 0.1) is 11.5 Å². The maximum absolute atomic E-state index is 12.2. The molecule has 0 aliphatic heterocycles. The summed E-state index contributed by atoms with van der Waals surface area (Å²) < 4.78 is 5.10. The summed E-state index contributed by atoms with van der Waals surface area (Å²) in [7, 11) is 0. The molecule has 0 fully saturated rings. The molecule has 1 amide bonds. The summed E-state index contributed by atoms with van der Waals surface area (Å²) in [5.74, 6) is 0.215. The number of carbonyl (C=O) groups is 1. The first-order chi connectivity index (χ1) is 12.0. The lowest BCUT2D eigenvalue weighted by Crippen LogP contribution is -2.23. The Kier molecular flexibility index (Phi) is 4.51. The molecule has 8 heteroatoms. The largest absolute Gasteiger partial charge is 0.343 e. The molecule has 2 aromatic carbocycles. The SMILES string of the molecule is Cc1ccc(C(=O)NCc2nc(-c3ccccc3)no2)cc1[N+](=O)[O-]. The Labute approximate surface area is 142 Å². The maximum atomic E-state index is 12.2. The first kappa shape index (κ1) is 16.3. The van der Waals surface area contributed by atoms with Crippen molar-refractivity contribution in [2.45, 2.75) is 13.5 Å². The van der Waals surface area contributed by atoms with Gasteiger partial charge in [0.15, 0.2) is 0 Å². The van der Waals surface area contributed by atoms with Crippen LogP contribution in [0.2, 0.25) is 0 Å². The van der Waals surface area contributed by atoms with Crippen LogP contribution in [0.3, 0.4) is 0 Å². The Balaban J connectivity index is 1.68. The van der Waals surface area contributed by atoms with Crippen molar-refractivity contribution in [3.8, 4) is 11.4 Å². The average molecular weight is 338 g/mol. The van der Waals surface area contributed by atoms with Gasteiger partial charge in [0, 0.05) is 22.8 Å². The number of rotatable bonds is 5. The Hall–Kier alpha value is -3.55. The molecule has 126 valence electrons. The first-order valence-electron chi connectivity index (χ1n) is 7.46. The second-order valence-electron chi connectivity index (χ2n) is 5.32. The summed E-state index contributed by atoms with van der Waals surface area (Å²) in [6.07, 6.45) is 0. The third-order valence-corrected chi connectivity index (χ3v) is 3.57. The second kappa shape index (κ2) is 6.91. The number of hydrogen-bond donors (Lipinski definition) is 1. The van der Waals surface area contributed by atoms with E-state index >= 15 is 0 Å². The zero-order chi connectivity index (χ0) is 17.8. The second-order valence-corrected chi connectivity index (χ2v) is 5.32. The van der Waals surface area contributed by atoms with E-state index in [1.807, 2.05) is 30.3 Å². The number of carbonyl (C=O) groups excluding carboxylic acids is 1. The number of aromatic nitrogens is 2. The molecule has 0 unspecified atom stereocenters. The van der Waals surface area contributed by atoms with Crippen LogP contribution in [-0.4, -0.2) is 21.0 Å². The normalized spacial score (nSPS) is 10.4. The predicted molar refractivity (Wildman–Crippen MR) is 88.7 cm³/mol. The van der Waals surface area contributed by atoms with E-state index in [9.17, 15) is 14.9 Å². The number of nitro benzene ring substituents is 1. The smallest absolute Gasteiger partial charge is 0.273 e. The zero-order valence-corrected chi connectivity index (χ0v) is 13.3. The summed E-state index contributed by atoms with van der Waals surface area (Å²) in [5.41, 5.74) is 1.39.